The number of benzene rings is 1. The average Bonchev–Trinajstić information content (AvgIpc) is 2.92. The van der Waals surface area contributed by atoms with E-state index in [0.29, 0.717) is 17.6 Å². The largest absolute Gasteiger partial charge is 0.273 e. The summed E-state index contributed by atoms with van der Waals surface area (Å²) in [6.45, 7) is 2.82. The topological polar surface area (TPSA) is 32.7 Å². The highest BCUT2D eigenvalue weighted by atomic mass is 19.1. The molecule has 0 fully saturated rings. The van der Waals surface area contributed by atoms with Crippen LogP contribution in [0, 0.1) is 11.6 Å². The Labute approximate surface area is 120 Å². The van der Waals surface area contributed by atoms with Crippen molar-refractivity contribution < 1.29 is 18.0 Å². The summed E-state index contributed by atoms with van der Waals surface area (Å²) in [6.07, 6.45) is 2.20. The van der Waals surface area contributed by atoms with Crippen LogP contribution >= 0.6 is 0 Å². The van der Waals surface area contributed by atoms with Crippen LogP contribution in [0.3, 0.4) is 0 Å². The Bertz CT molecular complexity index is 566. The molecular formula is C15H15F3N2O. The summed E-state index contributed by atoms with van der Waals surface area (Å²) in [4.78, 5) is 12.1. The quantitative estimate of drug-likeness (QED) is 0.765. The van der Waals surface area contributed by atoms with Crippen molar-refractivity contribution in [2.75, 3.05) is 6.67 Å². The van der Waals surface area contributed by atoms with Gasteiger partial charge in [-0.05, 0) is 29.7 Å². The number of rotatable bonds is 5. The van der Waals surface area contributed by atoms with E-state index in [4.69, 9.17) is 0 Å². The molecule has 2 rings (SSSR count). The first-order chi connectivity index (χ1) is 10.0. The summed E-state index contributed by atoms with van der Waals surface area (Å²) in [6, 6.07) is 2.62. The molecule has 1 unspecified atom stereocenters. The van der Waals surface area contributed by atoms with E-state index in [2.05, 4.69) is 11.7 Å². The molecule has 6 heteroatoms. The molecule has 0 spiro atoms. The Morgan fingerprint density at radius 3 is 2.57 bits per heavy atom. The van der Waals surface area contributed by atoms with Gasteiger partial charge in [0.1, 0.15) is 18.3 Å². The zero-order valence-electron chi connectivity index (χ0n) is 11.4. The van der Waals surface area contributed by atoms with Crippen molar-refractivity contribution in [3.05, 3.63) is 47.5 Å². The zero-order valence-corrected chi connectivity index (χ0v) is 11.4. The fourth-order valence-corrected chi connectivity index (χ4v) is 2.16. The Morgan fingerprint density at radius 2 is 1.95 bits per heavy atom. The van der Waals surface area contributed by atoms with Crippen molar-refractivity contribution in [1.82, 2.24) is 5.01 Å². The summed E-state index contributed by atoms with van der Waals surface area (Å²) < 4.78 is 38.9. The summed E-state index contributed by atoms with van der Waals surface area (Å²) in [7, 11) is 0. The van der Waals surface area contributed by atoms with Crippen LogP contribution < -0.4 is 0 Å². The van der Waals surface area contributed by atoms with Gasteiger partial charge in [-0.1, -0.05) is 6.58 Å². The third-order valence-electron chi connectivity index (χ3n) is 3.24. The van der Waals surface area contributed by atoms with Gasteiger partial charge in [-0.3, -0.25) is 4.79 Å². The van der Waals surface area contributed by atoms with Gasteiger partial charge >= 0.3 is 0 Å². The second-order valence-electron chi connectivity index (χ2n) is 4.87. The molecule has 1 aromatic rings. The normalized spacial score (nSPS) is 17.3. The lowest BCUT2D eigenvalue weighted by atomic mass is 10.0. The first kappa shape index (κ1) is 15.3. The second kappa shape index (κ2) is 6.56. The van der Waals surface area contributed by atoms with Gasteiger partial charge in [0.05, 0.1) is 6.04 Å². The summed E-state index contributed by atoms with van der Waals surface area (Å²) in [5.41, 5.74) is 0.683. The fraction of sp³-hybridized carbons (Fsp3) is 0.333. The van der Waals surface area contributed by atoms with Gasteiger partial charge in [0.25, 0.3) is 0 Å². The molecule has 0 radical (unpaired) electrons. The maximum atomic E-state index is 13.3. The minimum atomic E-state index is -0.699. The Balaban J connectivity index is 2.10. The summed E-state index contributed by atoms with van der Waals surface area (Å²) in [5, 5.41) is 5.14. The molecule has 0 N–H and O–H groups in total. The van der Waals surface area contributed by atoms with Gasteiger partial charge in [0.2, 0.25) is 5.91 Å². The van der Waals surface area contributed by atoms with Crippen LogP contribution in [0.5, 0.6) is 0 Å². The molecule has 0 saturated carbocycles. The second-order valence-corrected chi connectivity index (χ2v) is 4.87. The lowest BCUT2D eigenvalue weighted by molar-refractivity contribution is -0.133. The van der Waals surface area contributed by atoms with Gasteiger partial charge < -0.3 is 0 Å². The third-order valence-corrected chi connectivity index (χ3v) is 3.24. The van der Waals surface area contributed by atoms with E-state index in [1.165, 1.54) is 23.4 Å². The number of carbonyl (C=O) groups excluding carboxylic acids is 1. The molecule has 0 saturated heterocycles. The van der Waals surface area contributed by atoms with Gasteiger partial charge in [0, 0.05) is 25.1 Å². The molecule has 1 atom stereocenters. The van der Waals surface area contributed by atoms with E-state index in [9.17, 15) is 18.0 Å². The number of allylic oxidation sites excluding steroid dienone is 1. The molecule has 3 nitrogen and oxygen atoms in total. The van der Waals surface area contributed by atoms with Crippen LogP contribution in [0.1, 0.15) is 30.9 Å². The standard InChI is InChI=1S/C15H15F3N2O/c1-10(9-16)2-3-15(21)20-14(4-5-19-20)11-6-12(17)8-13(18)7-11/h5-8,14H,1-4,9H2. The molecule has 1 aliphatic heterocycles. The molecule has 0 aliphatic carbocycles. The van der Waals surface area contributed by atoms with Crippen LogP contribution in [0.15, 0.2) is 35.5 Å². The lowest BCUT2D eigenvalue weighted by Gasteiger charge is -2.22. The Hall–Kier alpha value is -2.11. The summed E-state index contributed by atoms with van der Waals surface area (Å²) >= 11 is 0. The highest BCUT2D eigenvalue weighted by Crippen LogP contribution is 2.30. The van der Waals surface area contributed by atoms with E-state index < -0.39 is 24.4 Å². The molecule has 1 aromatic carbocycles. The van der Waals surface area contributed by atoms with E-state index in [1.807, 2.05) is 0 Å². The van der Waals surface area contributed by atoms with Crippen molar-refractivity contribution in [3.63, 3.8) is 0 Å². The average molecular weight is 296 g/mol. The molecule has 0 aromatic heterocycles. The molecular weight excluding hydrogens is 281 g/mol. The number of hydrogen-bond acceptors (Lipinski definition) is 2. The van der Waals surface area contributed by atoms with Gasteiger partial charge in [-0.15, -0.1) is 0 Å². The fourth-order valence-electron chi connectivity index (χ4n) is 2.16. The Morgan fingerprint density at radius 1 is 1.29 bits per heavy atom. The van der Waals surface area contributed by atoms with Gasteiger partial charge in [-0.2, -0.15) is 5.10 Å². The van der Waals surface area contributed by atoms with Crippen molar-refractivity contribution in [3.8, 4) is 0 Å². The number of carbonyl (C=O) groups is 1. The van der Waals surface area contributed by atoms with E-state index in [-0.39, 0.29) is 18.7 Å². The van der Waals surface area contributed by atoms with Gasteiger partial charge in [0.15, 0.2) is 0 Å². The predicted molar refractivity (Wildman–Crippen MR) is 73.4 cm³/mol. The first-order valence-corrected chi connectivity index (χ1v) is 6.54. The van der Waals surface area contributed by atoms with Crippen LogP contribution in [-0.2, 0) is 4.79 Å². The Kier molecular flexibility index (Phi) is 4.77. The highest BCUT2D eigenvalue weighted by Gasteiger charge is 2.28. The number of alkyl halides is 1. The van der Waals surface area contributed by atoms with Crippen molar-refractivity contribution in [2.45, 2.75) is 25.3 Å². The third kappa shape index (κ3) is 3.71. The number of hydrogen-bond donors (Lipinski definition) is 0. The maximum absolute atomic E-state index is 13.3. The van der Waals surface area contributed by atoms with E-state index in [0.717, 1.165) is 6.07 Å². The molecule has 21 heavy (non-hydrogen) atoms. The monoisotopic (exact) mass is 296 g/mol. The van der Waals surface area contributed by atoms with Crippen molar-refractivity contribution >= 4 is 12.1 Å². The molecule has 1 heterocycles. The zero-order chi connectivity index (χ0) is 15.4. The summed E-state index contributed by atoms with van der Waals surface area (Å²) in [5.74, 6) is -1.72. The molecule has 1 aliphatic rings. The van der Waals surface area contributed by atoms with Crippen LogP contribution in [0.2, 0.25) is 0 Å². The number of hydrazone groups is 1. The maximum Gasteiger partial charge on any atom is 0.243 e. The molecule has 0 bridgehead atoms. The highest BCUT2D eigenvalue weighted by molar-refractivity contribution is 5.80. The van der Waals surface area contributed by atoms with Crippen LogP contribution in [0.4, 0.5) is 13.2 Å². The molecule has 1 amide bonds. The minimum Gasteiger partial charge on any atom is -0.273 e. The van der Waals surface area contributed by atoms with Gasteiger partial charge in [-0.25, -0.2) is 18.2 Å². The smallest absolute Gasteiger partial charge is 0.243 e. The number of nitrogens with zero attached hydrogens (tertiary/aromatic N) is 2. The van der Waals surface area contributed by atoms with E-state index in [1.54, 1.807) is 0 Å². The first-order valence-electron chi connectivity index (χ1n) is 6.54. The SMILES string of the molecule is C=C(CF)CCC(=O)N1N=CCC1c1cc(F)cc(F)c1. The van der Waals surface area contributed by atoms with Crippen molar-refractivity contribution in [2.24, 2.45) is 5.10 Å². The minimum absolute atomic E-state index is 0.0639. The van der Waals surface area contributed by atoms with Crippen molar-refractivity contribution in [1.29, 1.82) is 0 Å². The van der Waals surface area contributed by atoms with Crippen LogP contribution in [0.25, 0.3) is 0 Å². The van der Waals surface area contributed by atoms with E-state index >= 15 is 0 Å². The van der Waals surface area contributed by atoms with Crippen LogP contribution in [-0.4, -0.2) is 23.8 Å². The predicted octanol–water partition coefficient (Wildman–Crippen LogP) is 3.53. The number of amides is 1. The number of halogens is 3. The lowest BCUT2D eigenvalue weighted by Crippen LogP contribution is -2.27. The molecule has 112 valence electrons.